The van der Waals surface area contributed by atoms with Crippen LogP contribution in [0.5, 0.6) is 0 Å². The van der Waals surface area contributed by atoms with Crippen molar-refractivity contribution in [3.05, 3.63) is 12.7 Å². The maximum absolute atomic E-state index is 13.3. The number of fused-ring (bicyclic) bond motifs is 1. The number of aromatic nitrogens is 4. The Morgan fingerprint density at radius 3 is 2.73 bits per heavy atom. The van der Waals surface area contributed by atoms with E-state index in [9.17, 15) is 9.36 Å². The maximum Gasteiger partial charge on any atom is 0.364 e. The number of nitrogens with one attached hydrogen (secondary N) is 1. The van der Waals surface area contributed by atoms with E-state index in [-0.39, 0.29) is 18.3 Å². The zero-order valence-corrected chi connectivity index (χ0v) is 20.7. The number of unbranched alkanes of at least 4 members (excludes halogenated alkanes) is 2. The average molecular weight is 484 g/mol. The number of hydrogen-bond acceptors (Lipinski definition) is 10. The third-order valence-corrected chi connectivity index (χ3v) is 6.12. The average Bonchev–Trinajstić information content (AvgIpc) is 3.18. The molecule has 0 saturated heterocycles. The van der Waals surface area contributed by atoms with Gasteiger partial charge in [0.25, 0.3) is 0 Å². The smallest absolute Gasteiger partial charge is 0.364 e. The molecule has 2 aromatic heterocycles. The van der Waals surface area contributed by atoms with Crippen LogP contribution in [0.4, 0.5) is 5.82 Å². The summed E-state index contributed by atoms with van der Waals surface area (Å²) in [6.07, 6.45) is 5.03. The molecule has 184 valence electrons. The second kappa shape index (κ2) is 12.6. The Hall–Kier alpha value is -2.56. The van der Waals surface area contributed by atoms with E-state index < -0.39 is 19.5 Å². The van der Waals surface area contributed by atoms with Crippen molar-refractivity contribution >= 4 is 36.2 Å². The van der Waals surface area contributed by atoms with Crippen molar-refractivity contribution in [3.8, 4) is 0 Å². The van der Waals surface area contributed by atoms with Crippen molar-refractivity contribution in [1.82, 2.24) is 24.6 Å². The fourth-order valence-corrected chi connectivity index (χ4v) is 4.43. The molecular weight excluding hydrogens is 449 g/mol. The van der Waals surface area contributed by atoms with Gasteiger partial charge in [0.1, 0.15) is 24.2 Å². The van der Waals surface area contributed by atoms with Crippen LogP contribution in [0.1, 0.15) is 53.9 Å². The first-order chi connectivity index (χ1) is 15.6. The molecule has 0 radical (unpaired) electrons. The molecule has 3 atom stereocenters. The molecule has 0 aromatic carbocycles. The molecule has 0 aliphatic carbocycles. The number of ether oxygens (including phenoxy) is 2. The lowest BCUT2D eigenvalue weighted by atomic mass is 10.3. The van der Waals surface area contributed by atoms with Gasteiger partial charge in [0.2, 0.25) is 0 Å². The molecule has 0 amide bonds. The highest BCUT2D eigenvalue weighted by Gasteiger charge is 2.32. The van der Waals surface area contributed by atoms with Crippen molar-refractivity contribution in [2.75, 3.05) is 18.7 Å². The summed E-state index contributed by atoms with van der Waals surface area (Å²) in [7, 11) is -3.66. The number of nitrogens with two attached hydrogens (primary N) is 1. The molecule has 2 aromatic rings. The quantitative estimate of drug-likeness (QED) is 0.135. The molecule has 3 N–H and O–H groups in total. The number of anilines is 1. The Labute approximate surface area is 193 Å². The first kappa shape index (κ1) is 26.7. The first-order valence-electron chi connectivity index (χ1n) is 10.9. The van der Waals surface area contributed by atoms with Crippen LogP contribution in [-0.2, 0) is 30.0 Å². The van der Waals surface area contributed by atoms with E-state index >= 15 is 0 Å². The Balaban J connectivity index is 1.99. The highest BCUT2D eigenvalue weighted by Crippen LogP contribution is 2.43. The molecule has 2 rings (SSSR count). The van der Waals surface area contributed by atoms with Gasteiger partial charge in [-0.15, -0.1) is 0 Å². The standard InChI is InChI=1S/C20H34N7O5P/c1-6-7-8-9-30-20(28)16(5)26-33(29,32-25-14(2)3)13-31-15(4)10-27-12-24-17-18(21)22-11-23-19(17)27/h11-12,15-16H,6-10,13H2,1-5H3,(H,26,29)(H2,21,22,23)/t15-,16+,33?/m1/s1. The second-order valence-corrected chi connectivity index (χ2v) is 9.98. The molecule has 0 aliphatic heterocycles. The van der Waals surface area contributed by atoms with Gasteiger partial charge in [-0.05, 0) is 34.1 Å². The summed E-state index contributed by atoms with van der Waals surface area (Å²) in [6, 6.07) is -0.860. The van der Waals surface area contributed by atoms with Crippen LogP contribution in [0.25, 0.3) is 11.2 Å². The van der Waals surface area contributed by atoms with Crippen molar-refractivity contribution < 1.29 is 23.5 Å². The van der Waals surface area contributed by atoms with Gasteiger partial charge >= 0.3 is 13.5 Å². The van der Waals surface area contributed by atoms with Crippen LogP contribution in [0.3, 0.4) is 0 Å². The Morgan fingerprint density at radius 1 is 1.27 bits per heavy atom. The number of hydrogen-bond donors (Lipinski definition) is 2. The lowest BCUT2D eigenvalue weighted by Gasteiger charge is -2.22. The number of esters is 1. The number of imidazole rings is 1. The first-order valence-corrected chi connectivity index (χ1v) is 12.7. The number of carbonyl (C=O) groups excluding carboxylic acids is 1. The van der Waals surface area contributed by atoms with Gasteiger partial charge in [-0.2, -0.15) is 0 Å². The molecule has 1 unspecified atom stereocenters. The third kappa shape index (κ3) is 8.38. The minimum atomic E-state index is -3.66. The fraction of sp³-hybridized carbons (Fsp3) is 0.650. The highest BCUT2D eigenvalue weighted by molar-refractivity contribution is 7.56. The Morgan fingerprint density at radius 2 is 2.03 bits per heavy atom. The molecule has 0 bridgehead atoms. The van der Waals surface area contributed by atoms with Crippen molar-refractivity contribution in [3.63, 3.8) is 0 Å². The number of carbonyl (C=O) groups is 1. The number of rotatable bonds is 14. The van der Waals surface area contributed by atoms with Gasteiger partial charge in [0.05, 0.1) is 31.3 Å². The minimum Gasteiger partial charge on any atom is -0.465 e. The van der Waals surface area contributed by atoms with Crippen molar-refractivity contribution in [2.24, 2.45) is 5.16 Å². The predicted octanol–water partition coefficient (Wildman–Crippen LogP) is 3.09. The molecule has 0 spiro atoms. The normalized spacial score (nSPS) is 14.9. The summed E-state index contributed by atoms with van der Waals surface area (Å²) < 4.78 is 31.4. The summed E-state index contributed by atoms with van der Waals surface area (Å²) in [6.45, 7) is 9.53. The van der Waals surface area contributed by atoms with E-state index in [2.05, 4.69) is 32.1 Å². The summed E-state index contributed by atoms with van der Waals surface area (Å²) in [5, 5.41) is 6.52. The molecule has 33 heavy (non-hydrogen) atoms. The Bertz CT molecular complexity index is 992. The van der Waals surface area contributed by atoms with Crippen LogP contribution in [0, 0.1) is 0 Å². The van der Waals surface area contributed by atoms with E-state index in [1.807, 2.05) is 0 Å². The molecule has 13 heteroatoms. The number of nitrogen functional groups attached to an aromatic ring is 1. The van der Waals surface area contributed by atoms with Crippen LogP contribution >= 0.6 is 7.52 Å². The zero-order chi connectivity index (χ0) is 24.4. The maximum atomic E-state index is 13.3. The lowest BCUT2D eigenvalue weighted by Crippen LogP contribution is -2.35. The molecule has 0 fully saturated rings. The van der Waals surface area contributed by atoms with Gasteiger partial charge < -0.3 is 24.4 Å². The van der Waals surface area contributed by atoms with Crippen molar-refractivity contribution in [2.45, 2.75) is 72.6 Å². The topological polar surface area (TPSA) is 156 Å². The third-order valence-electron chi connectivity index (χ3n) is 4.50. The molecule has 12 nitrogen and oxygen atoms in total. The van der Waals surface area contributed by atoms with Crippen LogP contribution in [-0.4, -0.2) is 56.3 Å². The summed E-state index contributed by atoms with van der Waals surface area (Å²) >= 11 is 0. The lowest BCUT2D eigenvalue weighted by molar-refractivity contribution is -0.145. The van der Waals surface area contributed by atoms with E-state index in [1.54, 1.807) is 38.6 Å². The molecule has 2 heterocycles. The summed E-state index contributed by atoms with van der Waals surface area (Å²) in [4.78, 5) is 24.6. The summed E-state index contributed by atoms with van der Waals surface area (Å²) in [5.41, 5.74) is 7.46. The highest BCUT2D eigenvalue weighted by atomic mass is 31.2. The second-order valence-electron chi connectivity index (χ2n) is 7.95. The SMILES string of the molecule is CCCCCOC(=O)[C@H](C)NP(=O)(CO[C@H](C)Cn1cnc2c(N)ncnc21)ON=C(C)C. The molecule has 0 aliphatic rings. The van der Waals surface area contributed by atoms with E-state index in [1.165, 1.54) is 6.33 Å². The van der Waals surface area contributed by atoms with Gasteiger partial charge in [-0.1, -0.05) is 24.9 Å². The van der Waals surface area contributed by atoms with Gasteiger partial charge in [0, 0.05) is 0 Å². The van der Waals surface area contributed by atoms with E-state index in [0.717, 1.165) is 19.3 Å². The minimum absolute atomic E-state index is 0.290. The van der Waals surface area contributed by atoms with Gasteiger partial charge in [-0.3, -0.25) is 9.36 Å². The molecule has 0 saturated carbocycles. The van der Waals surface area contributed by atoms with Gasteiger partial charge in [0.15, 0.2) is 11.5 Å². The summed E-state index contributed by atoms with van der Waals surface area (Å²) in [5.74, 6) is -0.222. The predicted molar refractivity (Wildman–Crippen MR) is 126 cm³/mol. The zero-order valence-electron chi connectivity index (χ0n) is 19.9. The fourth-order valence-electron chi connectivity index (χ4n) is 2.82. The van der Waals surface area contributed by atoms with Crippen molar-refractivity contribution in [1.29, 1.82) is 0 Å². The van der Waals surface area contributed by atoms with Crippen LogP contribution in [0.2, 0.25) is 0 Å². The number of nitrogens with zero attached hydrogens (tertiary/aromatic N) is 5. The van der Waals surface area contributed by atoms with E-state index in [4.69, 9.17) is 19.8 Å². The van der Waals surface area contributed by atoms with Crippen LogP contribution in [0.15, 0.2) is 17.8 Å². The van der Waals surface area contributed by atoms with Gasteiger partial charge in [-0.25, -0.2) is 20.0 Å². The largest absolute Gasteiger partial charge is 0.465 e. The number of oxime groups is 1. The Kier molecular flexibility index (Phi) is 10.2. The monoisotopic (exact) mass is 483 g/mol. The molecular formula is C20H34N7O5P. The van der Waals surface area contributed by atoms with E-state index in [0.29, 0.717) is 30.0 Å². The van der Waals surface area contributed by atoms with Crippen LogP contribution < -0.4 is 10.8 Å².